The van der Waals surface area contributed by atoms with E-state index >= 15 is 0 Å². The SMILES string of the molecule is COc1ccc(C)cc1NC(=O)C(C)(C)C(=O)Nc1ccccc1C(C)C. The minimum Gasteiger partial charge on any atom is -0.495 e. The highest BCUT2D eigenvalue weighted by molar-refractivity contribution is 6.14. The first-order valence-corrected chi connectivity index (χ1v) is 9.03. The Morgan fingerprint density at radius 2 is 1.56 bits per heavy atom. The summed E-state index contributed by atoms with van der Waals surface area (Å²) in [6.07, 6.45) is 0. The fourth-order valence-electron chi connectivity index (χ4n) is 2.69. The lowest BCUT2D eigenvalue weighted by Crippen LogP contribution is -2.41. The molecule has 0 atom stereocenters. The van der Waals surface area contributed by atoms with E-state index in [0.29, 0.717) is 11.4 Å². The summed E-state index contributed by atoms with van der Waals surface area (Å²) in [6.45, 7) is 9.27. The lowest BCUT2D eigenvalue weighted by molar-refractivity contribution is -0.135. The molecule has 0 spiro atoms. The Morgan fingerprint density at radius 3 is 2.15 bits per heavy atom. The van der Waals surface area contributed by atoms with Gasteiger partial charge in [0.1, 0.15) is 11.2 Å². The summed E-state index contributed by atoms with van der Waals surface area (Å²) in [5.41, 5.74) is 2.03. The van der Waals surface area contributed by atoms with Crippen LogP contribution in [0.5, 0.6) is 5.75 Å². The molecule has 0 heterocycles. The number of ether oxygens (including phenoxy) is 1. The van der Waals surface area contributed by atoms with Gasteiger partial charge in [-0.05, 0) is 56.0 Å². The molecule has 5 heteroatoms. The Kier molecular flexibility index (Phi) is 6.26. The van der Waals surface area contributed by atoms with Crippen LogP contribution in [0.25, 0.3) is 0 Å². The van der Waals surface area contributed by atoms with Gasteiger partial charge >= 0.3 is 0 Å². The highest BCUT2D eigenvalue weighted by Gasteiger charge is 2.37. The molecule has 27 heavy (non-hydrogen) atoms. The number of carbonyl (C=O) groups excluding carboxylic acids is 2. The van der Waals surface area contributed by atoms with Crippen molar-refractivity contribution in [2.45, 2.75) is 40.5 Å². The number of methoxy groups -OCH3 is 1. The maximum Gasteiger partial charge on any atom is 0.239 e. The number of benzene rings is 2. The fraction of sp³-hybridized carbons (Fsp3) is 0.364. The topological polar surface area (TPSA) is 67.4 Å². The second kappa shape index (κ2) is 8.25. The zero-order chi connectivity index (χ0) is 20.2. The molecule has 0 saturated heterocycles. The average molecular weight is 368 g/mol. The molecule has 0 unspecified atom stereocenters. The van der Waals surface area contributed by atoms with E-state index in [1.54, 1.807) is 27.0 Å². The van der Waals surface area contributed by atoms with Gasteiger partial charge in [0, 0.05) is 5.69 Å². The van der Waals surface area contributed by atoms with Gasteiger partial charge in [-0.15, -0.1) is 0 Å². The minimum absolute atomic E-state index is 0.259. The Morgan fingerprint density at radius 1 is 0.963 bits per heavy atom. The van der Waals surface area contributed by atoms with Crippen LogP contribution in [0.4, 0.5) is 11.4 Å². The third-order valence-electron chi connectivity index (χ3n) is 4.57. The summed E-state index contributed by atoms with van der Waals surface area (Å²) in [7, 11) is 1.54. The number of hydrogen-bond acceptors (Lipinski definition) is 3. The van der Waals surface area contributed by atoms with Crippen LogP contribution >= 0.6 is 0 Å². The van der Waals surface area contributed by atoms with Crippen molar-refractivity contribution < 1.29 is 14.3 Å². The first-order chi connectivity index (χ1) is 12.7. The van der Waals surface area contributed by atoms with Gasteiger partial charge in [0.05, 0.1) is 12.8 Å². The van der Waals surface area contributed by atoms with E-state index in [0.717, 1.165) is 16.8 Å². The lowest BCUT2D eigenvalue weighted by atomic mass is 9.90. The zero-order valence-electron chi connectivity index (χ0n) is 16.8. The summed E-state index contributed by atoms with van der Waals surface area (Å²) < 4.78 is 5.30. The highest BCUT2D eigenvalue weighted by Crippen LogP contribution is 2.29. The van der Waals surface area contributed by atoms with Crippen LogP contribution in [0.1, 0.15) is 44.7 Å². The second-order valence-corrected chi connectivity index (χ2v) is 7.48. The molecule has 144 valence electrons. The molecule has 2 amide bonds. The van der Waals surface area contributed by atoms with Crippen molar-refractivity contribution in [3.05, 3.63) is 53.6 Å². The Hall–Kier alpha value is -2.82. The quantitative estimate of drug-likeness (QED) is 0.724. The molecule has 0 aliphatic rings. The number of rotatable bonds is 6. The summed E-state index contributed by atoms with van der Waals surface area (Å²) in [4.78, 5) is 25.7. The summed E-state index contributed by atoms with van der Waals surface area (Å²) >= 11 is 0. The van der Waals surface area contributed by atoms with Crippen LogP contribution in [-0.2, 0) is 9.59 Å². The molecule has 5 nitrogen and oxygen atoms in total. The van der Waals surface area contributed by atoms with E-state index in [1.165, 1.54) is 0 Å². The molecular formula is C22H28N2O3. The second-order valence-electron chi connectivity index (χ2n) is 7.48. The standard InChI is InChI=1S/C22H28N2O3/c1-14(2)16-9-7-8-10-17(16)23-20(25)22(4,5)21(26)24-18-13-15(3)11-12-19(18)27-6/h7-14H,1-6H3,(H,23,25)(H,24,26). The normalized spacial score (nSPS) is 11.2. The first kappa shape index (κ1) is 20.5. The van der Waals surface area contributed by atoms with Crippen molar-refractivity contribution >= 4 is 23.2 Å². The van der Waals surface area contributed by atoms with Crippen molar-refractivity contribution in [1.82, 2.24) is 0 Å². The van der Waals surface area contributed by atoms with E-state index in [4.69, 9.17) is 4.74 Å². The van der Waals surface area contributed by atoms with Crippen LogP contribution in [0.15, 0.2) is 42.5 Å². The number of carbonyl (C=O) groups is 2. The van der Waals surface area contributed by atoms with Gasteiger partial charge in [-0.2, -0.15) is 0 Å². The molecule has 0 aliphatic carbocycles. The van der Waals surface area contributed by atoms with E-state index in [2.05, 4.69) is 24.5 Å². The molecule has 0 saturated carbocycles. The van der Waals surface area contributed by atoms with Crippen molar-refractivity contribution in [3.63, 3.8) is 0 Å². The molecule has 0 bridgehead atoms. The van der Waals surface area contributed by atoms with Crippen LogP contribution in [0.2, 0.25) is 0 Å². The molecule has 0 aromatic heterocycles. The van der Waals surface area contributed by atoms with Crippen molar-refractivity contribution in [2.24, 2.45) is 5.41 Å². The van der Waals surface area contributed by atoms with Crippen LogP contribution in [-0.4, -0.2) is 18.9 Å². The lowest BCUT2D eigenvalue weighted by Gasteiger charge is -2.24. The predicted octanol–water partition coefficient (Wildman–Crippen LogP) is 4.73. The zero-order valence-corrected chi connectivity index (χ0v) is 16.8. The largest absolute Gasteiger partial charge is 0.495 e. The maximum absolute atomic E-state index is 12.9. The summed E-state index contributed by atoms with van der Waals surface area (Å²) in [5, 5.41) is 5.73. The monoisotopic (exact) mass is 368 g/mol. The van der Waals surface area contributed by atoms with Gasteiger partial charge in [0.2, 0.25) is 11.8 Å². The number of hydrogen-bond donors (Lipinski definition) is 2. The van der Waals surface area contributed by atoms with E-state index < -0.39 is 11.3 Å². The smallest absolute Gasteiger partial charge is 0.239 e. The Balaban J connectivity index is 2.21. The third-order valence-corrected chi connectivity index (χ3v) is 4.57. The van der Waals surface area contributed by atoms with Crippen molar-refractivity contribution in [2.75, 3.05) is 17.7 Å². The van der Waals surface area contributed by atoms with Crippen LogP contribution in [0, 0.1) is 12.3 Å². The number of para-hydroxylation sites is 1. The Bertz CT molecular complexity index is 841. The predicted molar refractivity (Wildman–Crippen MR) is 109 cm³/mol. The number of nitrogens with one attached hydrogen (secondary N) is 2. The molecular weight excluding hydrogens is 340 g/mol. The molecule has 2 rings (SSSR count). The maximum atomic E-state index is 12.9. The van der Waals surface area contributed by atoms with Gasteiger partial charge in [0.15, 0.2) is 0 Å². The molecule has 2 aromatic rings. The number of aryl methyl sites for hydroxylation is 1. The first-order valence-electron chi connectivity index (χ1n) is 9.03. The van der Waals surface area contributed by atoms with Gasteiger partial charge in [-0.1, -0.05) is 38.1 Å². The average Bonchev–Trinajstić information content (AvgIpc) is 2.62. The van der Waals surface area contributed by atoms with Crippen LogP contribution < -0.4 is 15.4 Å². The Labute approximate surface area is 161 Å². The number of anilines is 2. The van der Waals surface area contributed by atoms with Gasteiger partial charge in [0.25, 0.3) is 0 Å². The minimum atomic E-state index is -1.27. The molecule has 0 radical (unpaired) electrons. The van der Waals surface area contributed by atoms with Crippen molar-refractivity contribution in [3.8, 4) is 5.75 Å². The molecule has 0 fully saturated rings. The molecule has 0 aliphatic heterocycles. The summed E-state index contributed by atoms with van der Waals surface area (Å²) in [5.74, 6) is 0.0518. The highest BCUT2D eigenvalue weighted by atomic mass is 16.5. The van der Waals surface area contributed by atoms with E-state index in [9.17, 15) is 9.59 Å². The van der Waals surface area contributed by atoms with E-state index in [1.807, 2.05) is 43.3 Å². The van der Waals surface area contributed by atoms with Gasteiger partial charge in [-0.25, -0.2) is 0 Å². The molecule has 2 aromatic carbocycles. The third kappa shape index (κ3) is 4.67. The number of amides is 2. The summed E-state index contributed by atoms with van der Waals surface area (Å²) in [6, 6.07) is 13.1. The molecule has 2 N–H and O–H groups in total. The van der Waals surface area contributed by atoms with Gasteiger partial charge < -0.3 is 15.4 Å². The van der Waals surface area contributed by atoms with E-state index in [-0.39, 0.29) is 11.8 Å². The van der Waals surface area contributed by atoms with Gasteiger partial charge in [-0.3, -0.25) is 9.59 Å². The van der Waals surface area contributed by atoms with Crippen LogP contribution in [0.3, 0.4) is 0 Å². The van der Waals surface area contributed by atoms with Crippen molar-refractivity contribution in [1.29, 1.82) is 0 Å². The fourth-order valence-corrected chi connectivity index (χ4v) is 2.69.